The molecular weight excluding hydrogens is 638 g/mol. The zero-order valence-corrected chi connectivity index (χ0v) is 26.2. The summed E-state index contributed by atoms with van der Waals surface area (Å²) in [6, 6.07) is 11.8. The summed E-state index contributed by atoms with van der Waals surface area (Å²) in [6.07, 6.45) is -0.961. The number of aromatic nitrogens is 2. The first-order chi connectivity index (χ1) is 22.6. The molecule has 0 aliphatic carbocycles. The molecule has 0 spiro atoms. The van der Waals surface area contributed by atoms with Gasteiger partial charge in [0.1, 0.15) is 29.6 Å². The van der Waals surface area contributed by atoms with Crippen LogP contribution in [0.15, 0.2) is 42.5 Å². The maximum absolute atomic E-state index is 16.8. The highest BCUT2D eigenvalue weighted by atomic mass is 35.5. The van der Waals surface area contributed by atoms with Crippen molar-refractivity contribution in [2.75, 3.05) is 44.4 Å². The Kier molecular flexibility index (Phi) is 7.82. The Morgan fingerprint density at radius 3 is 2.45 bits per heavy atom. The second-order valence-corrected chi connectivity index (χ2v) is 13.6. The number of aromatic hydroxyl groups is 1. The Morgan fingerprint density at radius 2 is 1.72 bits per heavy atom. The Hall–Kier alpha value is -3.45. The van der Waals surface area contributed by atoms with E-state index in [0.29, 0.717) is 53.8 Å². The van der Waals surface area contributed by atoms with E-state index in [0.717, 1.165) is 25.7 Å². The zero-order valence-electron chi connectivity index (χ0n) is 25.4. The molecule has 3 aromatic carbocycles. The van der Waals surface area contributed by atoms with Crippen molar-refractivity contribution in [1.29, 1.82) is 0 Å². The molecule has 5 unspecified atom stereocenters. The Balaban J connectivity index is 1.20. The van der Waals surface area contributed by atoms with E-state index < -0.39 is 24.5 Å². The lowest BCUT2D eigenvalue weighted by Gasteiger charge is -2.37. The number of piperazine rings is 1. The van der Waals surface area contributed by atoms with Crippen LogP contribution in [0.4, 0.5) is 23.4 Å². The number of nitrogens with one attached hydrogen (secondary N) is 1. The number of ether oxygens (including phenoxy) is 2. The molecule has 1 aromatic heterocycles. The van der Waals surface area contributed by atoms with Crippen molar-refractivity contribution >= 4 is 39.1 Å². The van der Waals surface area contributed by atoms with Crippen molar-refractivity contribution in [3.63, 3.8) is 0 Å². The molecule has 4 fully saturated rings. The van der Waals surface area contributed by atoms with E-state index >= 15 is 4.39 Å². The highest BCUT2D eigenvalue weighted by molar-refractivity contribution is 6.35. The van der Waals surface area contributed by atoms with Gasteiger partial charge in [-0.05, 0) is 60.2 Å². The van der Waals surface area contributed by atoms with E-state index in [9.17, 15) is 18.3 Å². The van der Waals surface area contributed by atoms with Gasteiger partial charge in [0.05, 0.1) is 18.2 Å². The van der Waals surface area contributed by atoms with Crippen LogP contribution in [-0.4, -0.2) is 89.8 Å². The van der Waals surface area contributed by atoms with Gasteiger partial charge in [0.2, 0.25) is 0 Å². The van der Waals surface area contributed by atoms with E-state index in [-0.39, 0.29) is 58.6 Å². The molecule has 4 bridgehead atoms. The number of anilines is 1. The average Bonchev–Trinajstić information content (AvgIpc) is 3.48. The van der Waals surface area contributed by atoms with Gasteiger partial charge in [0.15, 0.2) is 5.82 Å². The van der Waals surface area contributed by atoms with Crippen LogP contribution < -0.4 is 15.0 Å². The van der Waals surface area contributed by atoms with Crippen LogP contribution in [0.3, 0.4) is 0 Å². The van der Waals surface area contributed by atoms with Crippen LogP contribution in [0.25, 0.3) is 32.8 Å². The molecule has 2 N–H and O–H groups in total. The normalized spacial score (nSPS) is 25.2. The first-order valence-electron chi connectivity index (χ1n) is 16.1. The highest BCUT2D eigenvalue weighted by Gasteiger charge is 2.46. The van der Waals surface area contributed by atoms with E-state index in [1.165, 1.54) is 6.07 Å². The Morgan fingerprint density at radius 1 is 1.00 bits per heavy atom. The van der Waals surface area contributed by atoms with Gasteiger partial charge in [0.25, 0.3) is 0 Å². The van der Waals surface area contributed by atoms with Gasteiger partial charge in [-0.1, -0.05) is 35.9 Å². The van der Waals surface area contributed by atoms with Gasteiger partial charge in [-0.25, -0.2) is 4.39 Å². The molecule has 13 heteroatoms. The SMILES string of the molecule is Oc1cc(-c2c(Cl)cc3c(N4CC5CCC(C4)N5)nc(OCC(CN4C5CCC4COC5)C(F)(F)F)nc3c2F)c2ccccc2c1. The highest BCUT2D eigenvalue weighted by Crippen LogP contribution is 2.43. The van der Waals surface area contributed by atoms with Crippen molar-refractivity contribution < 1.29 is 32.1 Å². The summed E-state index contributed by atoms with van der Waals surface area (Å²) in [4.78, 5) is 12.9. The summed E-state index contributed by atoms with van der Waals surface area (Å²) in [5, 5.41) is 15.8. The molecule has 8 nitrogen and oxygen atoms in total. The number of phenols is 1. The van der Waals surface area contributed by atoms with Crippen LogP contribution >= 0.6 is 11.6 Å². The molecule has 47 heavy (non-hydrogen) atoms. The minimum atomic E-state index is -4.53. The van der Waals surface area contributed by atoms with Gasteiger partial charge in [-0.2, -0.15) is 23.1 Å². The van der Waals surface area contributed by atoms with Crippen LogP contribution in [0.2, 0.25) is 5.02 Å². The fourth-order valence-electron chi connectivity index (χ4n) is 7.88. The van der Waals surface area contributed by atoms with E-state index in [4.69, 9.17) is 21.1 Å². The maximum atomic E-state index is 16.8. The molecule has 5 heterocycles. The molecular formula is C34H34ClF4N5O3. The predicted molar refractivity (Wildman–Crippen MR) is 171 cm³/mol. The van der Waals surface area contributed by atoms with E-state index in [1.807, 2.05) is 15.9 Å². The summed E-state index contributed by atoms with van der Waals surface area (Å²) < 4.78 is 71.3. The van der Waals surface area contributed by atoms with Crippen LogP contribution in [0, 0.1) is 11.7 Å². The summed E-state index contributed by atoms with van der Waals surface area (Å²) in [7, 11) is 0. The molecule has 0 radical (unpaired) electrons. The Labute approximate surface area is 273 Å². The minimum absolute atomic E-state index is 0.0261. The maximum Gasteiger partial charge on any atom is 0.396 e. The van der Waals surface area contributed by atoms with Gasteiger partial charge in [-0.15, -0.1) is 0 Å². The summed E-state index contributed by atoms with van der Waals surface area (Å²) >= 11 is 6.81. The number of hydrogen-bond donors (Lipinski definition) is 2. The van der Waals surface area contributed by atoms with Gasteiger partial charge < -0.3 is 24.8 Å². The molecule has 5 atom stereocenters. The fraction of sp³-hybridized carbons (Fsp3) is 0.471. The van der Waals surface area contributed by atoms with Crippen molar-refractivity contribution in [3.05, 3.63) is 53.3 Å². The standard InChI is InChI=1S/C34H34ClF4N5O3/c35-28-11-27-31(30(36)29(28)26-10-24(45)9-18-3-1-2-4-25(18)26)41-33(42-32(27)43-13-20-5-6-21(14-43)40-20)47-15-19(34(37,38)39)12-44-22-7-8-23(44)17-46-16-22/h1-4,9-11,19-23,40,45H,5-8,12-17H2. The lowest BCUT2D eigenvalue weighted by Crippen LogP contribution is -2.51. The third-order valence-corrected chi connectivity index (χ3v) is 10.5. The van der Waals surface area contributed by atoms with Gasteiger partial charge >= 0.3 is 12.2 Å². The number of nitrogens with zero attached hydrogens (tertiary/aromatic N) is 4. The number of rotatable bonds is 7. The molecule has 8 rings (SSSR count). The van der Waals surface area contributed by atoms with Crippen LogP contribution in [-0.2, 0) is 4.74 Å². The molecule has 0 amide bonds. The largest absolute Gasteiger partial charge is 0.508 e. The van der Waals surface area contributed by atoms with Gasteiger partial charge in [-0.3, -0.25) is 4.90 Å². The number of alkyl halides is 3. The smallest absolute Gasteiger partial charge is 0.396 e. The van der Waals surface area contributed by atoms with Crippen molar-refractivity contribution in [1.82, 2.24) is 20.2 Å². The topological polar surface area (TPSA) is 83.0 Å². The number of morpholine rings is 1. The molecule has 4 aromatic rings. The summed E-state index contributed by atoms with van der Waals surface area (Å²) in [5.41, 5.74) is 0.279. The first-order valence-corrected chi connectivity index (χ1v) is 16.5. The lowest BCUT2D eigenvalue weighted by atomic mass is 9.96. The molecule has 4 aliphatic heterocycles. The number of hydrogen-bond acceptors (Lipinski definition) is 8. The Bertz CT molecular complexity index is 1820. The average molecular weight is 672 g/mol. The van der Waals surface area contributed by atoms with Crippen molar-refractivity contribution in [2.45, 2.75) is 56.0 Å². The summed E-state index contributed by atoms with van der Waals surface area (Å²) in [5.74, 6) is -2.27. The third-order valence-electron chi connectivity index (χ3n) is 10.2. The monoisotopic (exact) mass is 671 g/mol. The molecule has 4 saturated heterocycles. The second kappa shape index (κ2) is 11.9. The molecule has 248 valence electrons. The van der Waals surface area contributed by atoms with Crippen LogP contribution in [0.1, 0.15) is 25.7 Å². The summed E-state index contributed by atoms with van der Waals surface area (Å²) in [6.45, 7) is 1.09. The minimum Gasteiger partial charge on any atom is -0.508 e. The van der Waals surface area contributed by atoms with E-state index in [2.05, 4.69) is 15.3 Å². The van der Waals surface area contributed by atoms with Gasteiger partial charge in [0, 0.05) is 54.8 Å². The number of phenolic OH excluding ortho intramolecular Hbond substituents is 1. The van der Waals surface area contributed by atoms with Crippen molar-refractivity contribution in [2.24, 2.45) is 5.92 Å². The first kappa shape index (κ1) is 30.9. The fourth-order valence-corrected chi connectivity index (χ4v) is 8.17. The second-order valence-electron chi connectivity index (χ2n) is 13.2. The van der Waals surface area contributed by atoms with E-state index in [1.54, 1.807) is 30.3 Å². The number of benzene rings is 3. The molecule has 0 saturated carbocycles. The lowest BCUT2D eigenvalue weighted by molar-refractivity contribution is -0.191. The predicted octanol–water partition coefficient (Wildman–Crippen LogP) is 6.31. The quantitative estimate of drug-likeness (QED) is 0.221. The number of fused-ring (bicyclic) bond motifs is 6. The van der Waals surface area contributed by atoms with Crippen LogP contribution in [0.5, 0.6) is 11.8 Å². The zero-order chi connectivity index (χ0) is 32.4. The number of halogens is 5. The van der Waals surface area contributed by atoms with Crippen molar-refractivity contribution in [3.8, 4) is 22.9 Å². The molecule has 4 aliphatic rings. The third kappa shape index (κ3) is 5.72.